The minimum atomic E-state index is -0.476. The minimum absolute atomic E-state index is 0.0374. The predicted octanol–water partition coefficient (Wildman–Crippen LogP) is 2.43. The number of aromatic nitrogens is 2. The Labute approximate surface area is 107 Å². The van der Waals surface area contributed by atoms with Gasteiger partial charge in [0.05, 0.1) is 4.92 Å². The summed E-state index contributed by atoms with van der Waals surface area (Å²) >= 11 is 1.24. The Kier molecular flexibility index (Phi) is 3.42. The quantitative estimate of drug-likeness (QED) is 0.395. The first-order valence-electron chi connectivity index (χ1n) is 5.06. The van der Waals surface area contributed by atoms with E-state index in [1.807, 2.05) is 6.92 Å². The summed E-state index contributed by atoms with van der Waals surface area (Å²) in [6.45, 7) is 1.89. The van der Waals surface area contributed by atoms with Gasteiger partial charge in [0.2, 0.25) is 0 Å². The van der Waals surface area contributed by atoms with Crippen molar-refractivity contribution >= 4 is 23.1 Å². The number of hydrogen-bond acceptors (Lipinski definition) is 6. The van der Waals surface area contributed by atoms with E-state index in [9.17, 15) is 10.1 Å². The molecule has 2 N–H and O–H groups in total. The number of nitro benzene ring substituents is 1. The molecule has 6 nitrogen and oxygen atoms in total. The van der Waals surface area contributed by atoms with E-state index >= 15 is 0 Å². The molecular weight excluding hydrogens is 252 g/mol. The maximum absolute atomic E-state index is 10.7. The number of nitrogens with two attached hydrogens (primary N) is 1. The molecule has 0 aliphatic carbocycles. The summed E-state index contributed by atoms with van der Waals surface area (Å²) in [7, 11) is 0. The Bertz CT molecular complexity index is 586. The Balaban J connectivity index is 2.28. The van der Waals surface area contributed by atoms with Crippen LogP contribution in [-0.2, 0) is 0 Å². The molecule has 0 aliphatic heterocycles. The average molecular weight is 262 g/mol. The molecular formula is C11H10N4O2S. The van der Waals surface area contributed by atoms with Gasteiger partial charge in [0, 0.05) is 35.1 Å². The third-order valence-electron chi connectivity index (χ3n) is 2.09. The van der Waals surface area contributed by atoms with Crippen molar-refractivity contribution in [1.82, 2.24) is 9.97 Å². The molecule has 1 heterocycles. The molecule has 0 saturated carbocycles. The summed E-state index contributed by atoms with van der Waals surface area (Å²) in [5, 5.41) is 11.2. The molecule has 0 radical (unpaired) electrons. The Morgan fingerprint density at radius 1 is 1.28 bits per heavy atom. The summed E-state index contributed by atoms with van der Waals surface area (Å²) in [5.74, 6) is 0. The van der Waals surface area contributed by atoms with Crippen molar-refractivity contribution in [3.05, 3.63) is 46.3 Å². The molecule has 92 valence electrons. The smallest absolute Gasteiger partial charge is 0.272 e. The van der Waals surface area contributed by atoms with Crippen LogP contribution in [0.4, 0.5) is 11.4 Å². The predicted molar refractivity (Wildman–Crippen MR) is 68.4 cm³/mol. The van der Waals surface area contributed by atoms with Crippen LogP contribution in [0.15, 0.2) is 40.6 Å². The zero-order valence-corrected chi connectivity index (χ0v) is 10.3. The number of hydrogen-bond donors (Lipinski definition) is 1. The van der Waals surface area contributed by atoms with Gasteiger partial charge in [-0.25, -0.2) is 9.97 Å². The van der Waals surface area contributed by atoms with Crippen LogP contribution >= 0.6 is 11.8 Å². The maximum Gasteiger partial charge on any atom is 0.272 e. The Morgan fingerprint density at radius 3 is 2.56 bits per heavy atom. The third-order valence-corrected chi connectivity index (χ3v) is 2.96. The number of rotatable bonds is 3. The highest BCUT2D eigenvalue weighted by atomic mass is 32.2. The fourth-order valence-electron chi connectivity index (χ4n) is 1.31. The topological polar surface area (TPSA) is 94.9 Å². The van der Waals surface area contributed by atoms with Gasteiger partial charge in [0.15, 0.2) is 5.16 Å². The molecule has 0 saturated heterocycles. The van der Waals surface area contributed by atoms with Crippen LogP contribution in [0.2, 0.25) is 0 Å². The lowest BCUT2D eigenvalue weighted by Crippen LogP contribution is -1.93. The number of anilines is 1. The monoisotopic (exact) mass is 262 g/mol. The first-order valence-corrected chi connectivity index (χ1v) is 5.88. The standard InChI is InChI=1S/C11H10N4O2S/c1-7-5-13-11(14-6-7)18-10-3-8(12)2-9(4-10)15(16)17/h2-6H,12H2,1H3. The highest BCUT2D eigenvalue weighted by Crippen LogP contribution is 2.29. The normalized spacial score (nSPS) is 10.3. The first-order chi connectivity index (χ1) is 8.54. The summed E-state index contributed by atoms with van der Waals surface area (Å²) in [4.78, 5) is 19.1. The van der Waals surface area contributed by atoms with E-state index in [0.717, 1.165) is 5.56 Å². The van der Waals surface area contributed by atoms with Crippen LogP contribution in [0.5, 0.6) is 0 Å². The molecule has 0 fully saturated rings. The molecule has 0 amide bonds. The van der Waals surface area contributed by atoms with E-state index in [1.165, 1.54) is 23.9 Å². The van der Waals surface area contributed by atoms with Crippen LogP contribution in [0.25, 0.3) is 0 Å². The number of non-ortho nitro benzene ring substituents is 1. The molecule has 7 heteroatoms. The number of aryl methyl sites for hydroxylation is 1. The van der Waals surface area contributed by atoms with Crippen molar-refractivity contribution in [3.63, 3.8) is 0 Å². The van der Waals surface area contributed by atoms with E-state index in [0.29, 0.717) is 15.7 Å². The van der Waals surface area contributed by atoms with Gasteiger partial charge in [-0.05, 0) is 30.3 Å². The molecule has 1 aromatic carbocycles. The summed E-state index contributed by atoms with van der Waals surface area (Å²) in [6.07, 6.45) is 3.38. The Morgan fingerprint density at radius 2 is 1.94 bits per heavy atom. The van der Waals surface area contributed by atoms with E-state index in [2.05, 4.69) is 9.97 Å². The van der Waals surface area contributed by atoms with Gasteiger partial charge in [-0.3, -0.25) is 10.1 Å². The third kappa shape index (κ3) is 2.95. The second kappa shape index (κ2) is 5.01. The van der Waals surface area contributed by atoms with Crippen LogP contribution in [0.1, 0.15) is 5.56 Å². The average Bonchev–Trinajstić information content (AvgIpc) is 2.31. The second-order valence-corrected chi connectivity index (χ2v) is 4.70. The summed E-state index contributed by atoms with van der Waals surface area (Å²) in [6, 6.07) is 4.42. The minimum Gasteiger partial charge on any atom is -0.398 e. The SMILES string of the molecule is Cc1cnc(Sc2cc(N)cc([N+](=O)[O-])c2)nc1. The lowest BCUT2D eigenvalue weighted by Gasteiger charge is -2.02. The van der Waals surface area contributed by atoms with Crippen molar-refractivity contribution in [1.29, 1.82) is 0 Å². The Hall–Kier alpha value is -2.15. The first kappa shape index (κ1) is 12.3. The number of nitrogens with zero attached hydrogens (tertiary/aromatic N) is 3. The number of nitro groups is 1. The summed E-state index contributed by atoms with van der Waals surface area (Å²) in [5.41, 5.74) is 6.88. The molecule has 1 aromatic heterocycles. The van der Waals surface area contributed by atoms with Crippen LogP contribution in [0.3, 0.4) is 0 Å². The molecule has 0 unspecified atom stereocenters. The van der Waals surface area contributed by atoms with Gasteiger partial charge >= 0.3 is 0 Å². The van der Waals surface area contributed by atoms with E-state index in [1.54, 1.807) is 18.5 Å². The van der Waals surface area contributed by atoms with Crippen LogP contribution in [-0.4, -0.2) is 14.9 Å². The lowest BCUT2D eigenvalue weighted by molar-refractivity contribution is -0.385. The van der Waals surface area contributed by atoms with Gasteiger partial charge in [0.1, 0.15) is 0 Å². The molecule has 18 heavy (non-hydrogen) atoms. The largest absolute Gasteiger partial charge is 0.398 e. The zero-order chi connectivity index (χ0) is 13.1. The molecule has 0 bridgehead atoms. The molecule has 2 rings (SSSR count). The van der Waals surface area contributed by atoms with Crippen molar-refractivity contribution in [3.8, 4) is 0 Å². The number of benzene rings is 1. The van der Waals surface area contributed by atoms with Gasteiger partial charge < -0.3 is 5.73 Å². The highest BCUT2D eigenvalue weighted by Gasteiger charge is 2.10. The van der Waals surface area contributed by atoms with Crippen molar-refractivity contribution in [2.45, 2.75) is 17.0 Å². The van der Waals surface area contributed by atoms with Crippen molar-refractivity contribution in [2.24, 2.45) is 0 Å². The van der Waals surface area contributed by atoms with Crippen LogP contribution in [0, 0.1) is 17.0 Å². The van der Waals surface area contributed by atoms with Crippen molar-refractivity contribution < 1.29 is 4.92 Å². The van der Waals surface area contributed by atoms with E-state index in [-0.39, 0.29) is 5.69 Å². The maximum atomic E-state index is 10.7. The van der Waals surface area contributed by atoms with Crippen molar-refractivity contribution in [2.75, 3.05) is 5.73 Å². The lowest BCUT2D eigenvalue weighted by atomic mass is 10.3. The fraction of sp³-hybridized carbons (Fsp3) is 0.0909. The molecule has 0 atom stereocenters. The summed E-state index contributed by atoms with van der Waals surface area (Å²) < 4.78 is 0. The van der Waals surface area contributed by atoms with Gasteiger partial charge in [-0.1, -0.05) is 0 Å². The molecule has 0 spiro atoms. The molecule has 0 aliphatic rings. The van der Waals surface area contributed by atoms with Crippen LogP contribution < -0.4 is 5.73 Å². The molecule has 2 aromatic rings. The number of nitrogen functional groups attached to an aromatic ring is 1. The fourth-order valence-corrected chi connectivity index (χ4v) is 2.11. The van der Waals surface area contributed by atoms with Gasteiger partial charge in [-0.15, -0.1) is 0 Å². The van der Waals surface area contributed by atoms with E-state index in [4.69, 9.17) is 5.73 Å². The second-order valence-electron chi connectivity index (χ2n) is 3.66. The van der Waals surface area contributed by atoms with Gasteiger partial charge in [0.25, 0.3) is 5.69 Å². The van der Waals surface area contributed by atoms with Gasteiger partial charge in [-0.2, -0.15) is 0 Å². The van der Waals surface area contributed by atoms with E-state index < -0.39 is 4.92 Å². The highest BCUT2D eigenvalue weighted by molar-refractivity contribution is 7.99. The zero-order valence-electron chi connectivity index (χ0n) is 9.53.